The third-order valence-electron chi connectivity index (χ3n) is 4.46. The van der Waals surface area contributed by atoms with Crippen LogP contribution in [0.3, 0.4) is 0 Å². The maximum Gasteiger partial charge on any atom is 0.240 e. The third kappa shape index (κ3) is 3.67. The molecule has 142 valence electrons. The minimum absolute atomic E-state index is 0.0803. The number of hydrogen-bond acceptors (Lipinski definition) is 8. The minimum atomic E-state index is -3.70. The summed E-state index contributed by atoms with van der Waals surface area (Å²) >= 11 is 0. The Bertz CT molecular complexity index is 877. The van der Waals surface area contributed by atoms with Crippen molar-refractivity contribution < 1.29 is 22.4 Å². The molecular weight excluding hydrogens is 360 g/mol. The smallest absolute Gasteiger partial charge is 0.240 e. The van der Waals surface area contributed by atoms with Crippen molar-refractivity contribution in [2.75, 3.05) is 20.8 Å². The molecule has 0 aliphatic heterocycles. The van der Waals surface area contributed by atoms with Crippen LogP contribution in [-0.2, 0) is 22.0 Å². The quantitative estimate of drug-likeness (QED) is 0.690. The Kier molecular flexibility index (Phi) is 5.17. The molecule has 3 rings (SSSR count). The molecule has 1 aliphatic carbocycles. The molecule has 1 saturated carbocycles. The summed E-state index contributed by atoms with van der Waals surface area (Å²) in [6, 6.07) is 4.39. The maximum atomic E-state index is 12.4. The Labute approximate surface area is 151 Å². The van der Waals surface area contributed by atoms with Gasteiger partial charge in [0.25, 0.3) is 0 Å². The third-order valence-corrected chi connectivity index (χ3v) is 5.91. The number of methoxy groups -OCH3 is 2. The van der Waals surface area contributed by atoms with Crippen LogP contribution in [0.2, 0.25) is 0 Å². The van der Waals surface area contributed by atoms with E-state index in [1.54, 1.807) is 0 Å². The van der Waals surface area contributed by atoms with Crippen LogP contribution < -0.4 is 19.9 Å². The number of sulfonamides is 1. The van der Waals surface area contributed by atoms with Crippen molar-refractivity contribution in [1.29, 1.82) is 0 Å². The van der Waals surface area contributed by atoms with E-state index in [1.807, 2.05) is 0 Å². The summed E-state index contributed by atoms with van der Waals surface area (Å²) < 4.78 is 42.7. The first-order valence-corrected chi connectivity index (χ1v) is 9.70. The molecule has 1 aliphatic rings. The number of aromatic nitrogens is 2. The van der Waals surface area contributed by atoms with E-state index in [4.69, 9.17) is 19.7 Å². The van der Waals surface area contributed by atoms with Gasteiger partial charge in [-0.1, -0.05) is 5.16 Å². The standard InChI is InChI=1S/C16H22N4O5S/c1-23-12-5-4-11(10-13(12)24-2)26(21,22)18-9-6-14-19-15(20-25-14)16(17)7-3-8-16/h4-5,10,18H,3,6-9,17H2,1-2H3. The first kappa shape index (κ1) is 18.6. The molecule has 26 heavy (non-hydrogen) atoms. The van der Waals surface area contributed by atoms with E-state index in [0.29, 0.717) is 23.2 Å². The first-order chi connectivity index (χ1) is 12.4. The van der Waals surface area contributed by atoms with Crippen LogP contribution >= 0.6 is 0 Å². The van der Waals surface area contributed by atoms with E-state index in [9.17, 15) is 8.42 Å². The van der Waals surface area contributed by atoms with E-state index in [2.05, 4.69) is 14.9 Å². The molecule has 2 aromatic rings. The monoisotopic (exact) mass is 382 g/mol. The summed E-state index contributed by atoms with van der Waals surface area (Å²) in [5, 5.41) is 3.91. The molecule has 0 radical (unpaired) electrons. The zero-order valence-corrected chi connectivity index (χ0v) is 15.5. The summed E-state index contributed by atoms with van der Waals surface area (Å²) in [7, 11) is -0.773. The Morgan fingerprint density at radius 3 is 2.62 bits per heavy atom. The molecule has 1 heterocycles. The van der Waals surface area contributed by atoms with Crippen LogP contribution in [-0.4, -0.2) is 39.3 Å². The fraction of sp³-hybridized carbons (Fsp3) is 0.500. The average molecular weight is 382 g/mol. The lowest BCUT2D eigenvalue weighted by Gasteiger charge is -2.34. The molecule has 9 nitrogen and oxygen atoms in total. The number of benzene rings is 1. The lowest BCUT2D eigenvalue weighted by molar-refractivity contribution is 0.229. The van der Waals surface area contributed by atoms with Gasteiger partial charge in [0.05, 0.1) is 24.7 Å². The predicted octanol–water partition coefficient (Wildman–Crippen LogP) is 0.946. The fourth-order valence-corrected chi connectivity index (χ4v) is 3.75. The highest BCUT2D eigenvalue weighted by Gasteiger charge is 2.38. The largest absolute Gasteiger partial charge is 0.493 e. The lowest BCUT2D eigenvalue weighted by atomic mass is 9.77. The van der Waals surface area contributed by atoms with Crippen LogP contribution in [0.5, 0.6) is 11.5 Å². The lowest BCUT2D eigenvalue weighted by Crippen LogP contribution is -2.44. The molecule has 3 N–H and O–H groups in total. The van der Waals surface area contributed by atoms with Gasteiger partial charge in [-0.25, -0.2) is 13.1 Å². The molecule has 1 aromatic carbocycles. The van der Waals surface area contributed by atoms with Crippen molar-refractivity contribution in [3.05, 3.63) is 29.9 Å². The number of nitrogens with two attached hydrogens (primary N) is 1. The van der Waals surface area contributed by atoms with Crippen LogP contribution in [0.4, 0.5) is 0 Å². The van der Waals surface area contributed by atoms with Crippen LogP contribution in [0.1, 0.15) is 31.0 Å². The summed E-state index contributed by atoms with van der Waals surface area (Å²) in [5.41, 5.74) is 5.64. The topological polar surface area (TPSA) is 130 Å². The van der Waals surface area contributed by atoms with Gasteiger partial charge in [-0.3, -0.25) is 0 Å². The highest BCUT2D eigenvalue weighted by atomic mass is 32.2. The predicted molar refractivity (Wildman–Crippen MR) is 92.5 cm³/mol. The van der Waals surface area contributed by atoms with E-state index in [0.717, 1.165) is 19.3 Å². The minimum Gasteiger partial charge on any atom is -0.493 e. The second-order valence-electron chi connectivity index (χ2n) is 6.19. The molecule has 1 aromatic heterocycles. The van der Waals surface area contributed by atoms with Crippen molar-refractivity contribution in [2.45, 2.75) is 36.1 Å². The summed E-state index contributed by atoms with van der Waals surface area (Å²) in [4.78, 5) is 4.35. The van der Waals surface area contributed by atoms with Gasteiger partial charge >= 0.3 is 0 Å². The molecule has 10 heteroatoms. The normalized spacial score (nSPS) is 16.1. The first-order valence-electron chi connectivity index (χ1n) is 8.21. The van der Waals surface area contributed by atoms with E-state index < -0.39 is 15.6 Å². The van der Waals surface area contributed by atoms with Gasteiger partial charge < -0.3 is 19.7 Å². The van der Waals surface area contributed by atoms with Gasteiger partial charge in [-0.15, -0.1) is 0 Å². The molecule has 0 saturated heterocycles. The Morgan fingerprint density at radius 1 is 1.27 bits per heavy atom. The average Bonchev–Trinajstić information content (AvgIpc) is 3.08. The van der Waals surface area contributed by atoms with Crippen LogP contribution in [0, 0.1) is 0 Å². The summed E-state index contributed by atoms with van der Waals surface area (Å²) in [6.45, 7) is 0.121. The van der Waals surface area contributed by atoms with Gasteiger partial charge in [0.15, 0.2) is 17.3 Å². The maximum absolute atomic E-state index is 12.4. The number of rotatable bonds is 8. The summed E-state index contributed by atoms with van der Waals surface area (Å²) in [5.74, 6) is 1.63. The van der Waals surface area contributed by atoms with Crippen molar-refractivity contribution in [3.8, 4) is 11.5 Å². The Hall–Kier alpha value is -2.17. The second-order valence-corrected chi connectivity index (χ2v) is 7.95. The SMILES string of the molecule is COc1ccc(S(=O)(=O)NCCc2nc(C3(N)CCC3)no2)cc1OC. The van der Waals surface area contributed by atoms with Crippen molar-refractivity contribution in [2.24, 2.45) is 5.73 Å². The van der Waals surface area contributed by atoms with E-state index in [1.165, 1.54) is 32.4 Å². The zero-order valence-electron chi connectivity index (χ0n) is 14.7. The molecule has 0 bridgehead atoms. The Morgan fingerprint density at radius 2 is 2.00 bits per heavy atom. The molecule has 0 atom stereocenters. The van der Waals surface area contributed by atoms with Crippen molar-refractivity contribution in [1.82, 2.24) is 14.9 Å². The highest BCUT2D eigenvalue weighted by molar-refractivity contribution is 7.89. The van der Waals surface area contributed by atoms with Crippen molar-refractivity contribution in [3.63, 3.8) is 0 Å². The second kappa shape index (κ2) is 7.22. The van der Waals surface area contributed by atoms with Gasteiger partial charge in [0.2, 0.25) is 15.9 Å². The molecular formula is C16H22N4O5S. The highest BCUT2D eigenvalue weighted by Crippen LogP contribution is 2.36. The van der Waals surface area contributed by atoms with Gasteiger partial charge in [0.1, 0.15) is 0 Å². The molecule has 0 spiro atoms. The Balaban J connectivity index is 1.62. The number of hydrogen-bond donors (Lipinski definition) is 2. The van der Waals surface area contributed by atoms with Gasteiger partial charge in [0, 0.05) is 19.0 Å². The molecule has 1 fully saturated rings. The van der Waals surface area contributed by atoms with Gasteiger partial charge in [-0.2, -0.15) is 4.98 Å². The van der Waals surface area contributed by atoms with Gasteiger partial charge in [-0.05, 0) is 31.4 Å². The molecule has 0 unspecified atom stereocenters. The van der Waals surface area contributed by atoms with Crippen LogP contribution in [0.25, 0.3) is 0 Å². The number of ether oxygens (including phenoxy) is 2. The number of nitrogens with one attached hydrogen (secondary N) is 1. The fourth-order valence-electron chi connectivity index (χ4n) is 2.70. The van der Waals surface area contributed by atoms with Crippen LogP contribution in [0.15, 0.2) is 27.6 Å². The number of nitrogens with zero attached hydrogens (tertiary/aromatic N) is 2. The van der Waals surface area contributed by atoms with Crippen molar-refractivity contribution >= 4 is 10.0 Å². The van der Waals surface area contributed by atoms with E-state index >= 15 is 0 Å². The summed E-state index contributed by atoms with van der Waals surface area (Å²) in [6.07, 6.45) is 2.98. The van der Waals surface area contributed by atoms with E-state index in [-0.39, 0.29) is 17.9 Å². The zero-order chi connectivity index (χ0) is 18.8. The molecule has 0 amide bonds.